The quantitative estimate of drug-likeness (QED) is 0.912. The Morgan fingerprint density at radius 3 is 2.95 bits per heavy atom. The van der Waals surface area contributed by atoms with Crippen molar-refractivity contribution in [3.8, 4) is 0 Å². The molecule has 2 heterocycles. The van der Waals surface area contributed by atoms with E-state index in [4.69, 9.17) is 4.74 Å². The second-order valence-electron chi connectivity index (χ2n) is 5.10. The number of aromatic nitrogens is 1. The zero-order valence-electron chi connectivity index (χ0n) is 11.5. The van der Waals surface area contributed by atoms with Crippen LogP contribution in [0.4, 0.5) is 0 Å². The van der Waals surface area contributed by atoms with Gasteiger partial charge in [0.2, 0.25) is 0 Å². The van der Waals surface area contributed by atoms with Gasteiger partial charge in [-0.3, -0.25) is 9.69 Å². The number of rotatable bonds is 4. The molecule has 1 aromatic rings. The topological polar surface area (TPSA) is 48.6 Å². The summed E-state index contributed by atoms with van der Waals surface area (Å²) >= 11 is 3.34. The van der Waals surface area contributed by atoms with E-state index in [2.05, 4.69) is 32.9 Å². The second-order valence-corrected chi connectivity index (χ2v) is 6.02. The highest BCUT2D eigenvalue weighted by Crippen LogP contribution is 2.19. The first kappa shape index (κ1) is 14.6. The molecule has 1 fully saturated rings. The van der Waals surface area contributed by atoms with Gasteiger partial charge < -0.3 is 14.6 Å². The van der Waals surface area contributed by atoms with Crippen LogP contribution in [-0.2, 0) is 4.74 Å². The van der Waals surface area contributed by atoms with Gasteiger partial charge in [-0.25, -0.2) is 0 Å². The number of hydrogen-bond acceptors (Lipinski definition) is 3. The van der Waals surface area contributed by atoms with Crippen molar-refractivity contribution < 1.29 is 9.53 Å². The van der Waals surface area contributed by atoms with E-state index in [1.165, 1.54) is 0 Å². The van der Waals surface area contributed by atoms with Crippen LogP contribution in [-0.4, -0.2) is 67.1 Å². The van der Waals surface area contributed by atoms with Crippen molar-refractivity contribution in [3.05, 3.63) is 22.4 Å². The van der Waals surface area contributed by atoms with Gasteiger partial charge in [0.1, 0.15) is 5.69 Å². The molecule has 2 rings (SSSR count). The molecule has 1 aromatic heterocycles. The largest absolute Gasteiger partial charge is 0.380 e. The molecule has 1 aliphatic heterocycles. The van der Waals surface area contributed by atoms with E-state index < -0.39 is 0 Å². The highest BCUT2D eigenvalue weighted by molar-refractivity contribution is 9.10. The third kappa shape index (κ3) is 3.38. The van der Waals surface area contributed by atoms with E-state index in [9.17, 15) is 4.79 Å². The number of amides is 1. The van der Waals surface area contributed by atoms with Crippen LogP contribution in [0.25, 0.3) is 0 Å². The van der Waals surface area contributed by atoms with Gasteiger partial charge in [-0.2, -0.15) is 0 Å². The van der Waals surface area contributed by atoms with Crippen molar-refractivity contribution >= 4 is 21.8 Å². The average molecular weight is 330 g/mol. The van der Waals surface area contributed by atoms with Gasteiger partial charge in [-0.1, -0.05) is 0 Å². The van der Waals surface area contributed by atoms with Gasteiger partial charge in [-0.15, -0.1) is 0 Å². The van der Waals surface area contributed by atoms with Crippen LogP contribution in [0.3, 0.4) is 0 Å². The summed E-state index contributed by atoms with van der Waals surface area (Å²) in [5, 5.41) is 0. The van der Waals surface area contributed by atoms with E-state index in [1.807, 2.05) is 7.05 Å². The first-order valence-electron chi connectivity index (χ1n) is 6.33. The number of hydrogen-bond donors (Lipinski definition) is 1. The molecule has 6 heteroatoms. The van der Waals surface area contributed by atoms with E-state index >= 15 is 0 Å². The molecular formula is C13H20BrN3O2. The molecule has 5 nitrogen and oxygen atoms in total. The van der Waals surface area contributed by atoms with Crippen LogP contribution in [0, 0.1) is 0 Å². The molecule has 0 bridgehead atoms. The number of carbonyl (C=O) groups is 1. The van der Waals surface area contributed by atoms with Gasteiger partial charge in [0.25, 0.3) is 5.91 Å². The Hall–Kier alpha value is -0.850. The van der Waals surface area contributed by atoms with Crippen molar-refractivity contribution in [2.45, 2.75) is 18.6 Å². The third-order valence-electron chi connectivity index (χ3n) is 3.69. The van der Waals surface area contributed by atoms with E-state index in [1.54, 1.807) is 24.3 Å². The van der Waals surface area contributed by atoms with Gasteiger partial charge in [0.15, 0.2) is 0 Å². The summed E-state index contributed by atoms with van der Waals surface area (Å²) in [4.78, 5) is 19.2. The molecule has 1 saturated heterocycles. The van der Waals surface area contributed by atoms with Crippen molar-refractivity contribution in [3.63, 3.8) is 0 Å². The van der Waals surface area contributed by atoms with Crippen molar-refractivity contribution in [2.24, 2.45) is 0 Å². The van der Waals surface area contributed by atoms with E-state index in [0.29, 0.717) is 18.3 Å². The summed E-state index contributed by atoms with van der Waals surface area (Å²) in [6.07, 6.45) is 3.01. The molecule has 1 aliphatic rings. The number of nitrogens with one attached hydrogen (secondary N) is 1. The molecular weight excluding hydrogens is 310 g/mol. The molecule has 19 heavy (non-hydrogen) atoms. The first-order valence-corrected chi connectivity index (χ1v) is 7.13. The highest BCUT2D eigenvalue weighted by atomic mass is 79.9. The fourth-order valence-corrected chi connectivity index (χ4v) is 2.85. The van der Waals surface area contributed by atoms with Crippen LogP contribution >= 0.6 is 15.9 Å². The normalized spacial score (nSPS) is 23.8. The maximum Gasteiger partial charge on any atom is 0.270 e. The van der Waals surface area contributed by atoms with Crippen LogP contribution < -0.4 is 0 Å². The minimum absolute atomic E-state index is 0.0139. The highest BCUT2D eigenvalue weighted by Gasteiger charge is 2.31. The summed E-state index contributed by atoms with van der Waals surface area (Å²) in [5.74, 6) is 0.0139. The number of carbonyl (C=O) groups excluding carboxylic acids is 1. The Morgan fingerprint density at radius 1 is 1.68 bits per heavy atom. The molecule has 0 spiro atoms. The molecule has 1 N–H and O–H groups in total. The molecule has 0 aliphatic carbocycles. The molecule has 0 saturated carbocycles. The third-order valence-corrected chi connectivity index (χ3v) is 4.15. The Labute approximate surface area is 122 Å². The lowest BCUT2D eigenvalue weighted by molar-refractivity contribution is 0.0755. The predicted molar refractivity (Wildman–Crippen MR) is 77.3 cm³/mol. The number of likely N-dealkylation sites (tertiary alicyclic amines) is 1. The predicted octanol–water partition coefficient (Wildman–Crippen LogP) is 1.57. The summed E-state index contributed by atoms with van der Waals surface area (Å²) in [7, 11) is 5.66. The number of H-pyrrole nitrogens is 1. The minimum Gasteiger partial charge on any atom is -0.380 e. The standard InChI is InChI=1S/C13H20BrN3O2/c1-16-8-11(19-3)5-10(16)7-17(2)13(18)12-4-9(14)6-15-12/h4,6,10-11,15H,5,7-8H2,1-3H3/t10-,11-/m0/s1. The van der Waals surface area contributed by atoms with E-state index in [-0.39, 0.29) is 12.0 Å². The van der Waals surface area contributed by atoms with E-state index in [0.717, 1.165) is 17.4 Å². The van der Waals surface area contributed by atoms with Crippen LogP contribution in [0.1, 0.15) is 16.9 Å². The number of ether oxygens (including phenoxy) is 1. The fraction of sp³-hybridized carbons (Fsp3) is 0.615. The Kier molecular flexibility index (Phi) is 4.65. The number of aromatic amines is 1. The van der Waals surface area contributed by atoms with Gasteiger partial charge >= 0.3 is 0 Å². The van der Waals surface area contributed by atoms with Crippen LogP contribution in [0.5, 0.6) is 0 Å². The molecule has 2 atom stereocenters. The molecule has 0 unspecified atom stereocenters. The lowest BCUT2D eigenvalue weighted by Crippen LogP contribution is -2.39. The lowest BCUT2D eigenvalue weighted by atomic mass is 10.2. The number of methoxy groups -OCH3 is 1. The van der Waals surface area contributed by atoms with Crippen LogP contribution in [0.2, 0.25) is 0 Å². The number of likely N-dealkylation sites (N-methyl/N-ethyl adjacent to an activating group) is 2. The average Bonchev–Trinajstić information content (AvgIpc) is 2.95. The molecule has 0 aromatic carbocycles. The molecule has 1 amide bonds. The van der Waals surface area contributed by atoms with Crippen molar-refractivity contribution in [2.75, 3.05) is 34.3 Å². The van der Waals surface area contributed by atoms with Crippen molar-refractivity contribution in [1.82, 2.24) is 14.8 Å². The van der Waals surface area contributed by atoms with Crippen molar-refractivity contribution in [1.29, 1.82) is 0 Å². The summed E-state index contributed by atoms with van der Waals surface area (Å²) in [6.45, 7) is 1.64. The summed E-state index contributed by atoms with van der Waals surface area (Å²) in [5.41, 5.74) is 0.610. The number of halogens is 1. The second kappa shape index (κ2) is 6.07. The van der Waals surface area contributed by atoms with Gasteiger partial charge in [0, 0.05) is 44.0 Å². The monoisotopic (exact) mass is 329 g/mol. The van der Waals surface area contributed by atoms with Gasteiger partial charge in [-0.05, 0) is 35.5 Å². The Bertz CT molecular complexity index is 449. The molecule has 106 valence electrons. The molecule has 0 radical (unpaired) electrons. The first-order chi connectivity index (χ1) is 9.01. The van der Waals surface area contributed by atoms with Gasteiger partial charge in [0.05, 0.1) is 6.10 Å². The summed E-state index contributed by atoms with van der Waals surface area (Å²) in [6, 6.07) is 2.16. The number of nitrogens with zero attached hydrogens (tertiary/aromatic N) is 2. The Morgan fingerprint density at radius 2 is 2.42 bits per heavy atom. The SMILES string of the molecule is CO[C@H]1C[C@@H](CN(C)C(=O)c2cc(Br)c[nH]2)N(C)C1. The maximum atomic E-state index is 12.2. The van der Waals surface area contributed by atoms with Crippen LogP contribution in [0.15, 0.2) is 16.7 Å². The Balaban J connectivity index is 1.94. The summed E-state index contributed by atoms with van der Waals surface area (Å²) < 4.78 is 6.27. The lowest BCUT2D eigenvalue weighted by Gasteiger charge is -2.25. The minimum atomic E-state index is 0.0139. The zero-order chi connectivity index (χ0) is 14.0. The smallest absolute Gasteiger partial charge is 0.270 e. The zero-order valence-corrected chi connectivity index (χ0v) is 13.1. The maximum absolute atomic E-state index is 12.2. The fourth-order valence-electron chi connectivity index (χ4n) is 2.51.